The van der Waals surface area contributed by atoms with Crippen molar-refractivity contribution in [1.29, 1.82) is 0 Å². The van der Waals surface area contributed by atoms with Gasteiger partial charge in [-0.3, -0.25) is 43.5 Å². The second kappa shape index (κ2) is 45.0. The zero-order valence-corrected chi connectivity index (χ0v) is 49.3. The first-order chi connectivity index (χ1) is 40.6. The molecule has 0 aromatic rings. The number of nitrogens with one attached hydrogen (secondary N) is 4. The van der Waals surface area contributed by atoms with E-state index < -0.39 is 289 Å². The monoisotopic (exact) mass is 1430 g/mol. The third-order valence-electron chi connectivity index (χ3n) is 12.8. The van der Waals surface area contributed by atoms with Gasteiger partial charge in [0.05, 0.1) is 57.4 Å². The summed E-state index contributed by atoms with van der Waals surface area (Å²) in [5, 5.41) is 239. The van der Waals surface area contributed by atoms with E-state index in [2.05, 4.69) is 21.3 Å². The topological polar surface area (TPSA) is 692 Å². The van der Waals surface area contributed by atoms with Gasteiger partial charge in [0, 0.05) is 98.2 Å². The van der Waals surface area contributed by atoms with Gasteiger partial charge in [-0.1, -0.05) is 0 Å². The molecule has 0 aliphatic rings. The zero-order valence-electron chi connectivity index (χ0n) is 47.0. The average molecular weight is 1430 g/mol. The van der Waals surface area contributed by atoms with E-state index in [0.29, 0.717) is 0 Å². The number of amides is 6. The maximum atomic E-state index is 13.8. The summed E-state index contributed by atoms with van der Waals surface area (Å²) in [6.07, 6.45) is -36.3. The average Bonchev–Trinajstić information content (AvgIpc) is 3.60. The van der Waals surface area contributed by atoms with Crippen molar-refractivity contribution in [3.05, 3.63) is 0 Å². The fourth-order valence-electron chi connectivity index (χ4n) is 7.50. The van der Waals surface area contributed by atoms with Crippen LogP contribution in [0.5, 0.6) is 0 Å². The molecule has 0 unspecified atom stereocenters. The van der Waals surface area contributed by atoms with Gasteiger partial charge in [-0.2, -0.15) is 0 Å². The SMILES string of the molecule is O=C([O-])CN(CCN(CC(=O)[O-])CC(=O)N(CCNC(=O)[C@@H](O)[C@H](O)[C@@H](O)[C@@H](O)CO)CCNC(=O)[C@H](O)[C@@H](O)[C@H](O)[C@H](O)CO)CCN(CC(=O)[O-])CC(=O)N(CCNC(=O)[C@@H](O)[C@H](O)[C@@H](O)[C@@H](O)CO)CCNC(=O)[C@H](O)[C@@H](O)[C@H](O)[C@H](O)CO.[Gd+3]. The van der Waals surface area contributed by atoms with Crippen LogP contribution < -0.4 is 36.6 Å². The maximum absolute atomic E-state index is 13.8. The number of carboxylic acids is 3. The third kappa shape index (κ3) is 31.6. The van der Waals surface area contributed by atoms with Crippen molar-refractivity contribution in [2.24, 2.45) is 0 Å². The van der Waals surface area contributed by atoms with Crippen LogP contribution in [0.15, 0.2) is 0 Å². The molecule has 0 heterocycles. The Hall–Kier alpha value is -4.37. The van der Waals surface area contributed by atoms with Gasteiger partial charge in [0.2, 0.25) is 11.8 Å². The van der Waals surface area contributed by atoms with Gasteiger partial charge in [0.1, 0.15) is 73.2 Å². The number of aliphatic hydroxyl groups is 20. The molecule has 24 N–H and O–H groups in total. The maximum Gasteiger partial charge on any atom is 3.00 e. The molecule has 16 atom stereocenters. The molecule has 0 rings (SSSR count). The summed E-state index contributed by atoms with van der Waals surface area (Å²) < 4.78 is 0. The number of aliphatic hydroxyl groups excluding tert-OH is 20. The predicted molar refractivity (Wildman–Crippen MR) is 274 cm³/mol. The van der Waals surface area contributed by atoms with E-state index in [0.717, 1.165) is 24.5 Å². The van der Waals surface area contributed by atoms with E-state index in [-0.39, 0.29) is 39.9 Å². The summed E-state index contributed by atoms with van der Waals surface area (Å²) in [5.41, 5.74) is 0. The molecule has 0 aromatic carbocycles. The Morgan fingerprint density at radius 3 is 0.682 bits per heavy atom. The minimum Gasteiger partial charge on any atom is -0.549 e. The summed E-state index contributed by atoms with van der Waals surface area (Å²) >= 11 is 0. The van der Waals surface area contributed by atoms with Crippen LogP contribution in [0.2, 0.25) is 0 Å². The molecule has 0 aliphatic heterocycles. The number of aliphatic carboxylic acids is 3. The van der Waals surface area contributed by atoms with Gasteiger partial charge in [0.25, 0.3) is 23.6 Å². The van der Waals surface area contributed by atoms with E-state index in [9.17, 15) is 140 Å². The first-order valence-corrected chi connectivity index (χ1v) is 26.4. The minimum atomic E-state index is -2.45. The second-order valence-electron chi connectivity index (χ2n) is 19.4. The fourth-order valence-corrected chi connectivity index (χ4v) is 7.50. The van der Waals surface area contributed by atoms with E-state index in [1.807, 2.05) is 0 Å². The number of nitrogens with zero attached hydrogens (tertiary/aromatic N) is 5. The van der Waals surface area contributed by atoms with Crippen LogP contribution in [0, 0.1) is 39.9 Å². The number of hydrogen-bond acceptors (Lipinski definition) is 35. The van der Waals surface area contributed by atoms with Gasteiger partial charge in [-0.15, -0.1) is 0 Å². The quantitative estimate of drug-likeness (QED) is 0.0269. The van der Waals surface area contributed by atoms with Crippen LogP contribution in [0.4, 0.5) is 0 Å². The molecule has 0 spiro atoms. The molecule has 0 fully saturated rings. The molecule has 0 aliphatic carbocycles. The van der Waals surface area contributed by atoms with Crippen LogP contribution in [0.3, 0.4) is 0 Å². The van der Waals surface area contributed by atoms with Gasteiger partial charge in [-0.05, 0) is 0 Å². The van der Waals surface area contributed by atoms with Crippen LogP contribution in [-0.2, 0) is 43.2 Å². The van der Waals surface area contributed by atoms with Crippen LogP contribution in [-0.4, -0.2) is 415 Å². The molecule has 0 saturated heterocycles. The van der Waals surface area contributed by atoms with Gasteiger partial charge < -0.3 is 163 Å². The second-order valence-corrected chi connectivity index (χ2v) is 19.4. The zero-order chi connectivity index (χ0) is 67.0. The smallest absolute Gasteiger partial charge is 0.549 e. The van der Waals surface area contributed by atoms with Gasteiger partial charge in [0.15, 0.2) is 24.4 Å². The first-order valence-electron chi connectivity index (χ1n) is 26.4. The van der Waals surface area contributed by atoms with Crippen molar-refractivity contribution >= 4 is 53.4 Å². The summed E-state index contributed by atoms with van der Waals surface area (Å²) in [6, 6.07) is 0. The first kappa shape index (κ1) is 85.7. The molecule has 0 aromatic heterocycles. The number of carbonyl (C=O) groups is 9. The van der Waals surface area contributed by atoms with Crippen molar-refractivity contribution in [2.45, 2.75) is 97.7 Å². The number of carbonyl (C=O) groups excluding carboxylic acids is 9. The normalized spacial score (nSPS) is 17.2. The van der Waals surface area contributed by atoms with Crippen molar-refractivity contribution in [1.82, 2.24) is 45.8 Å². The minimum absolute atomic E-state index is 0. The van der Waals surface area contributed by atoms with Crippen molar-refractivity contribution in [2.75, 3.05) is 138 Å². The summed E-state index contributed by atoms with van der Waals surface area (Å²) in [4.78, 5) is 118. The Bertz CT molecular complexity index is 1890. The Morgan fingerprint density at radius 1 is 0.295 bits per heavy atom. The Labute approximate surface area is 532 Å². The molecule has 511 valence electrons. The van der Waals surface area contributed by atoms with E-state index >= 15 is 0 Å². The van der Waals surface area contributed by atoms with E-state index in [1.54, 1.807) is 0 Å². The predicted octanol–water partition coefficient (Wildman–Crippen LogP) is -23.0. The van der Waals surface area contributed by atoms with Crippen LogP contribution in [0.25, 0.3) is 0 Å². The van der Waals surface area contributed by atoms with Crippen LogP contribution >= 0.6 is 0 Å². The Morgan fingerprint density at radius 2 is 0.489 bits per heavy atom. The number of hydrogen-bond donors (Lipinski definition) is 24. The van der Waals surface area contributed by atoms with Crippen molar-refractivity contribution in [3.63, 3.8) is 0 Å². The number of rotatable bonds is 48. The molecular weight excluding hydrogens is 1350 g/mol. The summed E-state index contributed by atoms with van der Waals surface area (Å²) in [7, 11) is 0. The van der Waals surface area contributed by atoms with E-state index in [1.165, 1.54) is 0 Å². The fraction of sp³-hybridized carbons (Fsp3) is 0.804. The number of carboxylic acid groups (broad SMARTS) is 3. The molecule has 88 heavy (non-hydrogen) atoms. The van der Waals surface area contributed by atoms with Crippen molar-refractivity contribution < 1.29 is 201 Å². The van der Waals surface area contributed by atoms with Crippen molar-refractivity contribution in [3.8, 4) is 0 Å². The summed E-state index contributed by atoms with van der Waals surface area (Å²) in [6.45, 7) is -16.5. The summed E-state index contributed by atoms with van der Waals surface area (Å²) in [5.74, 6) is -13.1. The molecule has 6 amide bonds. The Kier molecular flexibility index (Phi) is 43.8. The molecule has 1 radical (unpaired) electrons. The van der Waals surface area contributed by atoms with E-state index in [4.69, 9.17) is 20.4 Å². The molecule has 0 bridgehead atoms. The van der Waals surface area contributed by atoms with Crippen LogP contribution in [0.1, 0.15) is 0 Å². The van der Waals surface area contributed by atoms with Gasteiger partial charge in [-0.25, -0.2) is 0 Å². The largest absolute Gasteiger partial charge is 3.00 e. The molecule has 0 saturated carbocycles. The molecular formula is C46H82GdN9O32. The molecule has 42 heteroatoms. The Balaban J connectivity index is 0. The van der Waals surface area contributed by atoms with Gasteiger partial charge >= 0.3 is 39.9 Å². The third-order valence-corrected chi connectivity index (χ3v) is 12.8. The molecule has 41 nitrogen and oxygen atoms in total. The standard InChI is InChI=1S/C46H85N9O32.Gd/c56-18-22(60)31(72)35(76)39(80)43(84)47-1-5-54(6-2-48-44(85)40(81)36(77)32(73)23(61)19-57)26(64)13-52(16-29(68)69)11-9-51(15-28(66)67)10-12-53(17-30(70)71)14-27(65)55(7-3-49-45(86)41(82)37(78)33(74)24(62)20-58)8-4-50-46(87)42(83)38(79)34(75)25(63)21-59;/h22-25,31-42,56-63,72-83H,1-21H2,(H,47,84)(H,48,85)(H,49,86)(H,50,87)(H,66,67)(H,68,69)(H,70,71);/q;+3/p-3/t22-,23+,24-,25+,31-,32+,33-,34+,35+,36-,37+,38-,39-,40+,41-,42+;.